The van der Waals surface area contributed by atoms with Crippen LogP contribution in [0.2, 0.25) is 0 Å². The minimum absolute atomic E-state index is 0.0548. The van der Waals surface area contributed by atoms with Crippen LogP contribution in [0.15, 0.2) is 27.8 Å². The number of carbonyl (C=O) groups is 1. The lowest BCUT2D eigenvalue weighted by Gasteiger charge is -2.17. The minimum atomic E-state index is -0.719. The Hall–Kier alpha value is -2.01. The molecule has 1 N–H and O–H groups in total. The van der Waals surface area contributed by atoms with Crippen molar-refractivity contribution in [3.63, 3.8) is 0 Å². The maximum absolute atomic E-state index is 14.2. The molecule has 0 radical (unpaired) electrons. The highest BCUT2D eigenvalue weighted by atomic mass is 127. The molecule has 25 heavy (non-hydrogen) atoms. The molecule has 0 aliphatic heterocycles. The van der Waals surface area contributed by atoms with Gasteiger partial charge in [0, 0.05) is 43.9 Å². The van der Waals surface area contributed by atoms with Crippen molar-refractivity contribution in [3.05, 3.63) is 65.2 Å². The number of hydrogen-bond acceptors (Lipinski definition) is 4. The van der Waals surface area contributed by atoms with Gasteiger partial charge in [-0.2, -0.15) is 0 Å². The number of hydrogen-bond donors (Lipinski definition) is 1. The van der Waals surface area contributed by atoms with E-state index in [0.717, 1.165) is 8.14 Å². The molecule has 1 heterocycles. The summed E-state index contributed by atoms with van der Waals surface area (Å²) in [6, 6.07) is 4.65. The first kappa shape index (κ1) is 19.3. The molecule has 2 rings (SSSR count). The first-order valence-corrected chi connectivity index (χ1v) is 8.42. The Morgan fingerprint density at radius 3 is 2.44 bits per heavy atom. The van der Waals surface area contributed by atoms with E-state index in [-0.39, 0.29) is 17.7 Å². The van der Waals surface area contributed by atoms with Gasteiger partial charge in [0.2, 0.25) is 0 Å². The topological polar surface area (TPSA) is 76.3 Å². The Balaban J connectivity index is 2.68. The molecule has 0 bridgehead atoms. The zero-order chi connectivity index (χ0) is 18.9. The van der Waals surface area contributed by atoms with Crippen molar-refractivity contribution in [1.82, 2.24) is 19.6 Å². The summed E-state index contributed by atoms with van der Waals surface area (Å²) in [5.74, 6) is -1.11. The maximum Gasteiger partial charge on any atom is 0.330 e. The van der Waals surface area contributed by atoms with Gasteiger partial charge in [0.25, 0.3) is 11.5 Å². The van der Waals surface area contributed by atoms with Gasteiger partial charge >= 0.3 is 5.69 Å². The quantitative estimate of drug-likeness (QED) is 0.537. The summed E-state index contributed by atoms with van der Waals surface area (Å²) in [6.07, 6.45) is -0.0548. The van der Waals surface area contributed by atoms with Crippen LogP contribution in [-0.2, 0) is 20.5 Å². The van der Waals surface area contributed by atoms with Crippen molar-refractivity contribution in [2.45, 2.75) is 6.42 Å². The predicted octanol–water partition coefficient (Wildman–Crippen LogP) is 0.625. The van der Waals surface area contributed by atoms with Gasteiger partial charge in [-0.25, -0.2) is 14.2 Å². The smallest absolute Gasteiger partial charge is 0.299 e. The molecule has 134 valence electrons. The number of nitrogens with zero attached hydrogens (tertiary/aromatic N) is 3. The molecule has 0 unspecified atom stereocenters. The van der Waals surface area contributed by atoms with Crippen molar-refractivity contribution in [3.8, 4) is 0 Å². The van der Waals surface area contributed by atoms with Crippen LogP contribution in [0.1, 0.15) is 21.6 Å². The monoisotopic (exact) mass is 460 g/mol. The Kier molecular flexibility index (Phi) is 5.78. The summed E-state index contributed by atoms with van der Waals surface area (Å²) in [4.78, 5) is 37.2. The van der Waals surface area contributed by atoms with Crippen LogP contribution in [0.5, 0.6) is 0 Å². The fourth-order valence-corrected chi connectivity index (χ4v) is 2.88. The van der Waals surface area contributed by atoms with E-state index in [4.69, 9.17) is 0 Å². The molecule has 0 spiro atoms. The first-order valence-electron chi connectivity index (χ1n) is 7.34. The van der Waals surface area contributed by atoms with Gasteiger partial charge < -0.3 is 0 Å². The van der Waals surface area contributed by atoms with Gasteiger partial charge in [-0.1, -0.05) is 6.07 Å². The second kappa shape index (κ2) is 7.48. The molecule has 9 heteroatoms. The largest absolute Gasteiger partial charge is 0.330 e. The zero-order valence-corrected chi connectivity index (χ0v) is 16.4. The van der Waals surface area contributed by atoms with Gasteiger partial charge in [-0.15, -0.1) is 0 Å². The number of nitrogens with one attached hydrogen (secondary N) is 1. The van der Waals surface area contributed by atoms with Crippen LogP contribution in [0, 0.1) is 9.39 Å². The zero-order valence-electron chi connectivity index (χ0n) is 14.3. The van der Waals surface area contributed by atoms with Crippen molar-refractivity contribution < 1.29 is 9.18 Å². The highest BCUT2D eigenvalue weighted by Crippen LogP contribution is 2.17. The Morgan fingerprint density at radius 1 is 1.24 bits per heavy atom. The van der Waals surface area contributed by atoms with E-state index in [1.165, 1.54) is 29.7 Å². The lowest BCUT2D eigenvalue weighted by Crippen LogP contribution is -2.46. The van der Waals surface area contributed by atoms with Crippen LogP contribution >= 0.6 is 22.6 Å². The normalized spacial score (nSPS) is 11.0. The van der Waals surface area contributed by atoms with Gasteiger partial charge in [0.05, 0.1) is 0 Å². The molecule has 1 amide bonds. The third-order valence-corrected chi connectivity index (χ3v) is 4.38. The average molecular weight is 460 g/mol. The second-order valence-electron chi connectivity index (χ2n) is 5.78. The molecule has 0 aliphatic rings. The number of amides is 1. The number of benzene rings is 1. The van der Waals surface area contributed by atoms with E-state index >= 15 is 0 Å². The lowest BCUT2D eigenvalue weighted by molar-refractivity contribution is 0.0852. The summed E-state index contributed by atoms with van der Waals surface area (Å²) in [5, 5.41) is 1.39. The number of rotatable bonds is 4. The number of hydrazine groups is 1. The highest BCUT2D eigenvalue weighted by Gasteiger charge is 2.23. The first-order chi connectivity index (χ1) is 11.6. The van der Waals surface area contributed by atoms with E-state index in [0.29, 0.717) is 5.56 Å². The van der Waals surface area contributed by atoms with Crippen LogP contribution < -0.4 is 16.7 Å². The molecule has 0 saturated heterocycles. The molecule has 1 aromatic heterocycles. The molecule has 2 aromatic rings. The maximum atomic E-state index is 14.2. The Morgan fingerprint density at radius 2 is 1.88 bits per heavy atom. The summed E-state index contributed by atoms with van der Waals surface area (Å²) < 4.78 is 17.0. The fraction of sp³-hybridized carbons (Fsp3) is 0.312. The molecular weight excluding hydrogens is 442 g/mol. The molecule has 1 aromatic carbocycles. The minimum Gasteiger partial charge on any atom is -0.299 e. The van der Waals surface area contributed by atoms with Gasteiger partial charge in [-0.05, 0) is 40.3 Å². The van der Waals surface area contributed by atoms with Crippen molar-refractivity contribution in [2.24, 2.45) is 14.1 Å². The molecule has 0 atom stereocenters. The fourth-order valence-electron chi connectivity index (χ4n) is 2.43. The molecule has 0 fully saturated rings. The van der Waals surface area contributed by atoms with E-state index in [2.05, 4.69) is 5.43 Å². The van der Waals surface area contributed by atoms with E-state index in [1.54, 1.807) is 26.2 Å². The lowest BCUT2D eigenvalue weighted by atomic mass is 10.0. The van der Waals surface area contributed by atoms with Gasteiger partial charge in [0.15, 0.2) is 0 Å². The van der Waals surface area contributed by atoms with Crippen LogP contribution in [0.4, 0.5) is 4.39 Å². The van der Waals surface area contributed by atoms with Crippen molar-refractivity contribution >= 4 is 28.5 Å². The Labute approximate surface area is 157 Å². The molecule has 0 aliphatic carbocycles. The van der Waals surface area contributed by atoms with Crippen LogP contribution in [0.25, 0.3) is 0 Å². The van der Waals surface area contributed by atoms with Crippen LogP contribution in [-0.4, -0.2) is 34.1 Å². The second-order valence-corrected chi connectivity index (χ2v) is 7.02. The molecule has 0 saturated carbocycles. The molecular formula is C16H18FIN4O3. The SMILES string of the molecule is CN(C)NC(=O)c1c(Cc2ccc(I)cc2F)n(C)c(=O)n(C)c1=O. The van der Waals surface area contributed by atoms with E-state index in [9.17, 15) is 18.8 Å². The highest BCUT2D eigenvalue weighted by molar-refractivity contribution is 14.1. The summed E-state index contributed by atoms with van der Waals surface area (Å²) >= 11 is 1.99. The summed E-state index contributed by atoms with van der Waals surface area (Å²) in [6.45, 7) is 0. The van der Waals surface area contributed by atoms with E-state index < -0.39 is 23.0 Å². The summed E-state index contributed by atoms with van der Waals surface area (Å²) in [7, 11) is 5.95. The van der Waals surface area contributed by atoms with Crippen LogP contribution in [0.3, 0.4) is 0 Å². The average Bonchev–Trinajstić information content (AvgIpc) is 2.52. The predicted molar refractivity (Wildman–Crippen MR) is 100 cm³/mol. The number of carbonyl (C=O) groups excluding carboxylic acids is 1. The third kappa shape index (κ3) is 3.98. The Bertz CT molecular complexity index is 950. The summed E-state index contributed by atoms with van der Waals surface area (Å²) in [5.41, 5.74) is 1.47. The van der Waals surface area contributed by atoms with Crippen molar-refractivity contribution in [2.75, 3.05) is 14.1 Å². The standard InChI is InChI=1S/C16H18FIN4O3/c1-20(2)19-14(23)13-12(21(3)16(25)22(4)15(13)24)7-9-5-6-10(18)8-11(9)17/h5-6,8H,7H2,1-4H3,(H,19,23). The third-order valence-electron chi connectivity index (χ3n) is 3.71. The van der Waals surface area contributed by atoms with Crippen molar-refractivity contribution in [1.29, 1.82) is 0 Å². The number of halogens is 2. The van der Waals surface area contributed by atoms with Gasteiger partial charge in [0.1, 0.15) is 11.4 Å². The molecule has 7 nitrogen and oxygen atoms in total. The van der Waals surface area contributed by atoms with E-state index in [1.807, 2.05) is 22.6 Å². The van der Waals surface area contributed by atoms with Gasteiger partial charge in [-0.3, -0.25) is 24.1 Å². The number of aromatic nitrogens is 2.